The van der Waals surface area contributed by atoms with E-state index in [2.05, 4.69) is 30.9 Å². The molecule has 3 aromatic heterocycles. The fourth-order valence-corrected chi connectivity index (χ4v) is 3.82. The number of aromatic nitrogens is 7. The van der Waals surface area contributed by atoms with E-state index in [1.807, 2.05) is 0 Å². The number of carbonyl (C=O) groups excluding carboxylic acids is 1. The van der Waals surface area contributed by atoms with E-state index < -0.39 is 23.9 Å². The Labute approximate surface area is 224 Å². The minimum Gasteiger partial charge on any atom is -0.507 e. The molecule has 15 nitrogen and oxygen atoms in total. The van der Waals surface area contributed by atoms with Crippen LogP contribution in [-0.4, -0.2) is 79.4 Å². The number of rotatable bonds is 7. The number of carbonyl (C=O) groups is 2. The quantitative estimate of drug-likeness (QED) is 0.158. The standard InChI is InChI=1S/C25H20N8O7/c1-26-23(36)12-6-17(19-10-32(30-28-19)13-2-4-15(24(37)38)21(34)8-13)27-18(7-12)20-11-33(31-29-20)14-3-5-16(25(39)40)22(35)9-14/h2-11,24,34-35,37-38H,1H3,(H,26,36)(H,39,40). The summed E-state index contributed by atoms with van der Waals surface area (Å²) in [7, 11) is 1.47. The fourth-order valence-electron chi connectivity index (χ4n) is 3.82. The number of amides is 1. The molecule has 0 unspecified atom stereocenters. The molecule has 0 aliphatic carbocycles. The number of benzene rings is 2. The van der Waals surface area contributed by atoms with E-state index >= 15 is 0 Å². The maximum absolute atomic E-state index is 12.5. The van der Waals surface area contributed by atoms with Gasteiger partial charge in [-0.25, -0.2) is 19.1 Å². The number of aromatic hydroxyl groups is 2. The van der Waals surface area contributed by atoms with Gasteiger partial charge < -0.3 is 30.8 Å². The van der Waals surface area contributed by atoms with E-state index in [0.29, 0.717) is 11.4 Å². The summed E-state index contributed by atoms with van der Waals surface area (Å²) in [5.41, 5.74) is 1.71. The third kappa shape index (κ3) is 4.92. The smallest absolute Gasteiger partial charge is 0.339 e. The number of phenols is 2. The van der Waals surface area contributed by atoms with Crippen molar-refractivity contribution in [3.05, 3.63) is 77.6 Å². The van der Waals surface area contributed by atoms with Crippen LogP contribution in [0.5, 0.6) is 11.5 Å². The molecule has 0 aliphatic rings. The maximum atomic E-state index is 12.5. The lowest BCUT2D eigenvalue weighted by molar-refractivity contribution is -0.0438. The van der Waals surface area contributed by atoms with Crippen LogP contribution in [0.1, 0.15) is 32.6 Å². The van der Waals surface area contributed by atoms with Gasteiger partial charge in [0.05, 0.1) is 35.2 Å². The summed E-state index contributed by atoms with van der Waals surface area (Å²) in [6.45, 7) is 0. The zero-order valence-corrected chi connectivity index (χ0v) is 20.5. The summed E-state index contributed by atoms with van der Waals surface area (Å²) < 4.78 is 2.64. The Balaban J connectivity index is 1.52. The summed E-state index contributed by atoms with van der Waals surface area (Å²) >= 11 is 0. The van der Waals surface area contributed by atoms with Crippen LogP contribution in [0, 0.1) is 0 Å². The second kappa shape index (κ2) is 10.2. The molecular weight excluding hydrogens is 524 g/mol. The first-order valence-corrected chi connectivity index (χ1v) is 11.5. The van der Waals surface area contributed by atoms with E-state index in [4.69, 9.17) is 5.11 Å². The molecule has 0 saturated heterocycles. The molecule has 0 saturated carbocycles. The van der Waals surface area contributed by atoms with Crippen LogP contribution in [0.3, 0.4) is 0 Å². The number of carboxylic acids is 1. The van der Waals surface area contributed by atoms with E-state index in [9.17, 15) is 30.0 Å². The van der Waals surface area contributed by atoms with Crippen LogP contribution in [-0.2, 0) is 0 Å². The molecule has 2 aromatic carbocycles. The molecule has 40 heavy (non-hydrogen) atoms. The monoisotopic (exact) mass is 544 g/mol. The number of aromatic carboxylic acids is 1. The van der Waals surface area contributed by atoms with Crippen molar-refractivity contribution in [2.45, 2.75) is 6.29 Å². The van der Waals surface area contributed by atoms with Gasteiger partial charge in [-0.3, -0.25) is 4.79 Å². The first-order valence-electron chi connectivity index (χ1n) is 11.5. The van der Waals surface area contributed by atoms with E-state index in [1.165, 1.54) is 77.3 Å². The van der Waals surface area contributed by atoms with Crippen molar-refractivity contribution in [3.63, 3.8) is 0 Å². The Kier molecular flexibility index (Phi) is 6.64. The van der Waals surface area contributed by atoms with Gasteiger partial charge in [0.1, 0.15) is 28.5 Å². The van der Waals surface area contributed by atoms with Gasteiger partial charge in [-0.2, -0.15) is 0 Å². The van der Waals surface area contributed by atoms with E-state index in [0.717, 1.165) is 0 Å². The molecule has 0 spiro atoms. The number of aliphatic hydroxyl groups is 2. The summed E-state index contributed by atoms with van der Waals surface area (Å²) in [6, 6.07) is 11.0. The predicted octanol–water partition coefficient (Wildman–Crippen LogP) is 1.03. The number of nitrogens with zero attached hydrogens (tertiary/aromatic N) is 7. The molecule has 0 aliphatic heterocycles. The highest BCUT2D eigenvalue weighted by Crippen LogP contribution is 2.28. The number of hydrogen-bond acceptors (Lipinski definition) is 11. The molecule has 1 amide bonds. The number of aliphatic hydroxyl groups excluding tert-OH is 1. The molecule has 0 radical (unpaired) electrons. The van der Waals surface area contributed by atoms with Crippen LogP contribution in [0.2, 0.25) is 0 Å². The summed E-state index contributed by atoms with van der Waals surface area (Å²) in [4.78, 5) is 28.3. The van der Waals surface area contributed by atoms with Gasteiger partial charge in [0.15, 0.2) is 6.29 Å². The van der Waals surface area contributed by atoms with Gasteiger partial charge >= 0.3 is 5.97 Å². The Morgan fingerprint density at radius 3 is 1.82 bits per heavy atom. The molecule has 6 N–H and O–H groups in total. The molecule has 3 heterocycles. The Bertz CT molecular complexity index is 1760. The lowest BCUT2D eigenvalue weighted by Gasteiger charge is -2.08. The lowest BCUT2D eigenvalue weighted by atomic mass is 10.1. The molecule has 0 fully saturated rings. The Morgan fingerprint density at radius 2 is 1.35 bits per heavy atom. The van der Waals surface area contributed by atoms with Crippen molar-refractivity contribution in [3.8, 4) is 45.6 Å². The number of phenolic OH excluding ortho intramolecular Hbond substituents is 1. The summed E-state index contributed by atoms with van der Waals surface area (Å²) in [5, 5.41) is 66.7. The van der Waals surface area contributed by atoms with Crippen LogP contribution < -0.4 is 5.32 Å². The van der Waals surface area contributed by atoms with Crippen molar-refractivity contribution in [1.82, 2.24) is 40.3 Å². The van der Waals surface area contributed by atoms with Crippen LogP contribution in [0.25, 0.3) is 34.2 Å². The predicted molar refractivity (Wildman–Crippen MR) is 136 cm³/mol. The summed E-state index contributed by atoms with van der Waals surface area (Å²) in [5.74, 6) is -2.47. The summed E-state index contributed by atoms with van der Waals surface area (Å²) in [6.07, 6.45) is 1.15. The number of hydrogen-bond donors (Lipinski definition) is 6. The van der Waals surface area contributed by atoms with Crippen molar-refractivity contribution in [2.24, 2.45) is 0 Å². The lowest BCUT2D eigenvalue weighted by Crippen LogP contribution is -2.18. The van der Waals surface area contributed by atoms with Gasteiger partial charge in [-0.1, -0.05) is 10.4 Å². The number of pyridine rings is 1. The second-order valence-electron chi connectivity index (χ2n) is 8.43. The topological polar surface area (TPSA) is 222 Å². The average Bonchev–Trinajstić information content (AvgIpc) is 3.63. The molecule has 0 bridgehead atoms. The Morgan fingerprint density at radius 1 is 0.800 bits per heavy atom. The normalized spacial score (nSPS) is 11.1. The molecule has 202 valence electrons. The first-order chi connectivity index (χ1) is 19.1. The highest BCUT2D eigenvalue weighted by molar-refractivity contribution is 5.96. The maximum Gasteiger partial charge on any atom is 0.339 e. The van der Waals surface area contributed by atoms with Gasteiger partial charge in [0.2, 0.25) is 0 Å². The largest absolute Gasteiger partial charge is 0.507 e. The zero-order chi connectivity index (χ0) is 28.6. The molecular formula is C25H20N8O7. The van der Waals surface area contributed by atoms with Crippen molar-refractivity contribution in [1.29, 1.82) is 0 Å². The SMILES string of the molecule is CNC(=O)c1cc(-c2cn(-c3ccc(C(=O)O)c(O)c3)nn2)nc(-c2cn(-c3ccc(C(O)O)c(O)c3)nn2)c1. The van der Waals surface area contributed by atoms with Crippen molar-refractivity contribution in [2.75, 3.05) is 7.05 Å². The zero-order valence-electron chi connectivity index (χ0n) is 20.5. The Hall–Kier alpha value is -5.67. The van der Waals surface area contributed by atoms with E-state index in [-0.39, 0.29) is 45.2 Å². The third-order valence-electron chi connectivity index (χ3n) is 5.86. The van der Waals surface area contributed by atoms with Gasteiger partial charge in [-0.05, 0) is 36.4 Å². The highest BCUT2D eigenvalue weighted by Gasteiger charge is 2.18. The van der Waals surface area contributed by atoms with E-state index in [1.54, 1.807) is 0 Å². The molecule has 5 aromatic rings. The second-order valence-corrected chi connectivity index (χ2v) is 8.43. The first kappa shape index (κ1) is 26.0. The number of carboxylic acid groups (broad SMARTS) is 1. The number of nitrogens with one attached hydrogen (secondary N) is 1. The van der Waals surface area contributed by atoms with Crippen LogP contribution in [0.15, 0.2) is 60.9 Å². The van der Waals surface area contributed by atoms with Crippen molar-refractivity contribution < 1.29 is 35.1 Å². The molecule has 0 atom stereocenters. The average molecular weight is 544 g/mol. The van der Waals surface area contributed by atoms with Gasteiger partial charge in [0.25, 0.3) is 5.91 Å². The molecule has 15 heteroatoms. The van der Waals surface area contributed by atoms with Gasteiger partial charge in [-0.15, -0.1) is 10.2 Å². The molecule has 5 rings (SSSR count). The minimum absolute atomic E-state index is 0.0743. The van der Waals surface area contributed by atoms with Crippen molar-refractivity contribution >= 4 is 11.9 Å². The third-order valence-corrected chi connectivity index (χ3v) is 5.86. The van der Waals surface area contributed by atoms with Crippen LogP contribution >= 0.6 is 0 Å². The van der Waals surface area contributed by atoms with Crippen LogP contribution in [0.4, 0.5) is 0 Å². The fraction of sp³-hybridized carbons (Fsp3) is 0.0800. The highest BCUT2D eigenvalue weighted by atomic mass is 16.5. The van der Waals surface area contributed by atoms with Gasteiger partial charge in [0, 0.05) is 30.3 Å². The minimum atomic E-state index is -1.84.